The van der Waals surface area contributed by atoms with Gasteiger partial charge in [0.05, 0.1) is 12.1 Å². The summed E-state index contributed by atoms with van der Waals surface area (Å²) in [6, 6.07) is 4.46. The molecule has 1 aromatic rings. The smallest absolute Gasteiger partial charge is 0.404 e. The van der Waals surface area contributed by atoms with Crippen LogP contribution >= 0.6 is 0 Å². The normalized spacial score (nSPS) is 16.8. The molecule has 3 N–H and O–H groups in total. The first kappa shape index (κ1) is 12.5. The van der Waals surface area contributed by atoms with Crippen molar-refractivity contribution in [3.05, 3.63) is 23.8 Å². The molecule has 1 amide bonds. The molecule has 1 aliphatic rings. The van der Waals surface area contributed by atoms with E-state index < -0.39 is 18.2 Å². The molecule has 0 radical (unpaired) electrons. The van der Waals surface area contributed by atoms with E-state index in [9.17, 15) is 9.90 Å². The molecule has 18 heavy (non-hydrogen) atoms. The molecule has 1 heterocycles. The minimum absolute atomic E-state index is 0.468. The lowest BCUT2D eigenvalue weighted by Crippen LogP contribution is -2.36. The molecular formula is C12H15NO5. The van der Waals surface area contributed by atoms with E-state index in [-0.39, 0.29) is 0 Å². The van der Waals surface area contributed by atoms with Gasteiger partial charge in [0.2, 0.25) is 0 Å². The maximum atomic E-state index is 10.5. The Kier molecular flexibility index (Phi) is 3.57. The second-order valence-corrected chi connectivity index (χ2v) is 4.09. The van der Waals surface area contributed by atoms with Crippen LogP contribution in [0.1, 0.15) is 18.6 Å². The van der Waals surface area contributed by atoms with Crippen LogP contribution in [0.15, 0.2) is 18.2 Å². The molecule has 0 unspecified atom stereocenters. The fourth-order valence-corrected chi connectivity index (χ4v) is 1.81. The molecule has 6 heteroatoms. The fourth-order valence-electron chi connectivity index (χ4n) is 1.81. The number of carboxylic acid groups (broad SMARTS) is 1. The number of carbonyl (C=O) groups is 1. The largest absolute Gasteiger partial charge is 0.486 e. The Balaban J connectivity index is 2.15. The first-order valence-electron chi connectivity index (χ1n) is 5.65. The van der Waals surface area contributed by atoms with Crippen molar-refractivity contribution in [3.8, 4) is 11.5 Å². The van der Waals surface area contributed by atoms with Gasteiger partial charge in [0, 0.05) is 0 Å². The van der Waals surface area contributed by atoms with Gasteiger partial charge in [0.25, 0.3) is 0 Å². The highest BCUT2D eigenvalue weighted by molar-refractivity contribution is 5.65. The van der Waals surface area contributed by atoms with E-state index in [0.29, 0.717) is 30.3 Å². The molecule has 0 spiro atoms. The predicted octanol–water partition coefficient (Wildman–Crippen LogP) is 1.15. The average molecular weight is 253 g/mol. The van der Waals surface area contributed by atoms with E-state index in [4.69, 9.17) is 14.6 Å². The van der Waals surface area contributed by atoms with Crippen molar-refractivity contribution in [3.63, 3.8) is 0 Å². The Morgan fingerprint density at radius 3 is 2.67 bits per heavy atom. The quantitative estimate of drug-likeness (QED) is 0.752. The van der Waals surface area contributed by atoms with Crippen LogP contribution in [0.5, 0.6) is 11.5 Å². The van der Waals surface area contributed by atoms with Gasteiger partial charge in [-0.2, -0.15) is 0 Å². The van der Waals surface area contributed by atoms with Gasteiger partial charge in [-0.25, -0.2) is 4.79 Å². The Bertz CT molecular complexity index is 448. The molecule has 98 valence electrons. The highest BCUT2D eigenvalue weighted by Gasteiger charge is 2.20. The Morgan fingerprint density at radius 1 is 1.33 bits per heavy atom. The van der Waals surface area contributed by atoms with Gasteiger partial charge < -0.3 is 25.0 Å². The predicted molar refractivity (Wildman–Crippen MR) is 63.0 cm³/mol. The molecule has 6 nitrogen and oxygen atoms in total. The average Bonchev–Trinajstić information content (AvgIpc) is 2.36. The van der Waals surface area contributed by atoms with Crippen molar-refractivity contribution >= 4 is 6.09 Å². The third-order valence-corrected chi connectivity index (χ3v) is 2.73. The monoisotopic (exact) mass is 253 g/mol. The Hall–Kier alpha value is -1.95. The molecule has 0 saturated carbocycles. The summed E-state index contributed by atoms with van der Waals surface area (Å²) in [6.45, 7) is 2.57. The van der Waals surface area contributed by atoms with Crippen molar-refractivity contribution in [1.29, 1.82) is 0 Å². The van der Waals surface area contributed by atoms with Gasteiger partial charge in [0.1, 0.15) is 13.2 Å². The Morgan fingerprint density at radius 2 is 2.00 bits per heavy atom. The molecule has 0 aromatic heterocycles. The number of aliphatic hydroxyl groups is 1. The van der Waals surface area contributed by atoms with Crippen molar-refractivity contribution in [2.24, 2.45) is 0 Å². The highest BCUT2D eigenvalue weighted by atomic mass is 16.6. The maximum Gasteiger partial charge on any atom is 0.404 e. The minimum atomic E-state index is -1.17. The summed E-state index contributed by atoms with van der Waals surface area (Å²) >= 11 is 0. The second-order valence-electron chi connectivity index (χ2n) is 4.09. The minimum Gasteiger partial charge on any atom is -0.486 e. The first-order valence-corrected chi connectivity index (χ1v) is 5.65. The molecular weight excluding hydrogens is 238 g/mol. The summed E-state index contributed by atoms with van der Waals surface area (Å²) in [6.07, 6.45) is -2.10. The van der Waals surface area contributed by atoms with Gasteiger partial charge in [0.15, 0.2) is 11.5 Å². The topological polar surface area (TPSA) is 88.0 Å². The highest BCUT2D eigenvalue weighted by Crippen LogP contribution is 2.33. The summed E-state index contributed by atoms with van der Waals surface area (Å²) < 4.78 is 10.8. The molecule has 2 rings (SSSR count). The number of amides is 1. The molecule has 1 aliphatic heterocycles. The number of nitrogens with one attached hydrogen (secondary N) is 1. The fraction of sp³-hybridized carbons (Fsp3) is 0.417. The van der Waals surface area contributed by atoms with E-state index in [2.05, 4.69) is 5.32 Å². The number of ether oxygens (including phenoxy) is 2. The van der Waals surface area contributed by atoms with E-state index in [0.717, 1.165) is 0 Å². The van der Waals surface area contributed by atoms with Crippen LogP contribution < -0.4 is 14.8 Å². The van der Waals surface area contributed by atoms with Crippen molar-refractivity contribution in [1.82, 2.24) is 5.32 Å². The zero-order valence-corrected chi connectivity index (χ0v) is 9.92. The molecule has 0 bridgehead atoms. The van der Waals surface area contributed by atoms with E-state index in [1.165, 1.54) is 0 Å². The Labute approximate surface area is 104 Å². The molecule has 2 atom stereocenters. The number of hydrogen-bond acceptors (Lipinski definition) is 4. The number of rotatable bonds is 3. The van der Waals surface area contributed by atoms with Gasteiger partial charge in [-0.3, -0.25) is 0 Å². The summed E-state index contributed by atoms with van der Waals surface area (Å²) in [7, 11) is 0. The number of aliphatic hydroxyl groups excluding tert-OH is 1. The molecule has 0 aliphatic carbocycles. The number of benzene rings is 1. The molecule has 0 fully saturated rings. The van der Waals surface area contributed by atoms with E-state index in [1.54, 1.807) is 25.1 Å². The zero-order valence-electron chi connectivity index (χ0n) is 9.92. The van der Waals surface area contributed by atoms with E-state index >= 15 is 0 Å². The van der Waals surface area contributed by atoms with Crippen LogP contribution in [0.3, 0.4) is 0 Å². The molecule has 1 aromatic carbocycles. The van der Waals surface area contributed by atoms with Crippen molar-refractivity contribution in [2.75, 3.05) is 13.2 Å². The van der Waals surface area contributed by atoms with Gasteiger partial charge in [-0.15, -0.1) is 0 Å². The zero-order chi connectivity index (χ0) is 13.1. The second kappa shape index (κ2) is 5.14. The van der Waals surface area contributed by atoms with Crippen LogP contribution in [0.2, 0.25) is 0 Å². The third kappa shape index (κ3) is 2.65. The SMILES string of the molecule is C[C@H](NC(=O)O)[C@@H](O)c1ccc2c(c1)OCCO2. The molecule has 0 saturated heterocycles. The summed E-state index contributed by atoms with van der Waals surface area (Å²) in [4.78, 5) is 10.5. The van der Waals surface area contributed by atoms with Crippen LogP contribution in [-0.2, 0) is 0 Å². The van der Waals surface area contributed by atoms with Crippen molar-refractivity contribution in [2.45, 2.75) is 19.1 Å². The number of fused-ring (bicyclic) bond motifs is 1. The standard InChI is InChI=1S/C12H15NO5/c1-7(13-12(15)16)11(14)8-2-3-9-10(6-8)18-5-4-17-9/h2-3,6-7,11,13-14H,4-5H2,1H3,(H,15,16)/t7-,11+/m0/s1. The van der Waals surface area contributed by atoms with E-state index in [1.807, 2.05) is 0 Å². The van der Waals surface area contributed by atoms with Crippen LogP contribution in [0, 0.1) is 0 Å². The maximum absolute atomic E-state index is 10.5. The lowest BCUT2D eigenvalue weighted by molar-refractivity contribution is 0.125. The number of hydrogen-bond donors (Lipinski definition) is 3. The lowest BCUT2D eigenvalue weighted by atomic mass is 10.0. The van der Waals surface area contributed by atoms with Crippen LogP contribution in [0.25, 0.3) is 0 Å². The summed E-state index contributed by atoms with van der Waals surface area (Å²) in [5.74, 6) is 1.20. The first-order chi connectivity index (χ1) is 8.58. The van der Waals surface area contributed by atoms with Crippen LogP contribution in [0.4, 0.5) is 4.79 Å². The van der Waals surface area contributed by atoms with Gasteiger partial charge >= 0.3 is 6.09 Å². The lowest BCUT2D eigenvalue weighted by Gasteiger charge is -2.22. The van der Waals surface area contributed by atoms with Gasteiger partial charge in [-0.05, 0) is 24.6 Å². The summed E-state index contributed by atoms with van der Waals surface area (Å²) in [5, 5.41) is 20.8. The third-order valence-electron chi connectivity index (χ3n) is 2.73. The summed E-state index contributed by atoms with van der Waals surface area (Å²) in [5.41, 5.74) is 0.584. The van der Waals surface area contributed by atoms with Gasteiger partial charge in [-0.1, -0.05) is 6.07 Å². The van der Waals surface area contributed by atoms with Crippen molar-refractivity contribution < 1.29 is 24.5 Å². The van der Waals surface area contributed by atoms with Crippen LogP contribution in [-0.4, -0.2) is 35.6 Å².